The Kier molecular flexibility index (Phi) is 4.25. The SMILES string of the molecule is CN1CCN(CC(=O)c2cncc(Br)c2)CC1. The largest absolute Gasteiger partial charge is 0.304 e. The monoisotopic (exact) mass is 297 g/mol. The van der Waals surface area contributed by atoms with Crippen LogP contribution in [0.5, 0.6) is 0 Å². The lowest BCUT2D eigenvalue weighted by molar-refractivity contribution is 0.0876. The van der Waals surface area contributed by atoms with Crippen molar-refractivity contribution in [2.24, 2.45) is 0 Å². The van der Waals surface area contributed by atoms with Gasteiger partial charge in [-0.05, 0) is 29.0 Å². The van der Waals surface area contributed by atoms with Gasteiger partial charge in [0.15, 0.2) is 5.78 Å². The smallest absolute Gasteiger partial charge is 0.178 e. The molecule has 4 nitrogen and oxygen atoms in total. The van der Waals surface area contributed by atoms with Crippen molar-refractivity contribution in [3.05, 3.63) is 28.5 Å². The van der Waals surface area contributed by atoms with Gasteiger partial charge in [0, 0.05) is 48.6 Å². The molecule has 1 aliphatic rings. The third kappa shape index (κ3) is 3.59. The molecule has 1 fully saturated rings. The molecule has 17 heavy (non-hydrogen) atoms. The highest BCUT2D eigenvalue weighted by molar-refractivity contribution is 9.10. The van der Waals surface area contributed by atoms with Gasteiger partial charge in [-0.1, -0.05) is 0 Å². The highest BCUT2D eigenvalue weighted by Crippen LogP contribution is 2.11. The molecule has 2 rings (SSSR count). The van der Waals surface area contributed by atoms with Crippen molar-refractivity contribution in [3.63, 3.8) is 0 Å². The second kappa shape index (κ2) is 5.71. The summed E-state index contributed by atoms with van der Waals surface area (Å²) in [5.41, 5.74) is 0.679. The van der Waals surface area contributed by atoms with Crippen LogP contribution in [0.2, 0.25) is 0 Å². The quantitative estimate of drug-likeness (QED) is 0.788. The molecule has 5 heteroatoms. The summed E-state index contributed by atoms with van der Waals surface area (Å²) in [4.78, 5) is 20.5. The molecule has 1 aromatic rings. The number of carbonyl (C=O) groups excluding carboxylic acids is 1. The van der Waals surface area contributed by atoms with Crippen LogP contribution in [0.3, 0.4) is 0 Å². The fraction of sp³-hybridized carbons (Fsp3) is 0.500. The predicted octanol–water partition coefficient (Wildman–Crippen LogP) is 1.27. The summed E-state index contributed by atoms with van der Waals surface area (Å²) in [6, 6.07) is 1.82. The normalized spacial score (nSPS) is 18.2. The zero-order valence-electron chi connectivity index (χ0n) is 9.90. The van der Waals surface area contributed by atoms with Crippen LogP contribution in [0.4, 0.5) is 0 Å². The molecule has 0 amide bonds. The van der Waals surface area contributed by atoms with Crippen molar-refractivity contribution in [3.8, 4) is 0 Å². The fourth-order valence-electron chi connectivity index (χ4n) is 1.86. The van der Waals surface area contributed by atoms with Crippen molar-refractivity contribution in [1.82, 2.24) is 14.8 Å². The maximum Gasteiger partial charge on any atom is 0.178 e. The van der Waals surface area contributed by atoms with Crippen LogP contribution in [-0.2, 0) is 0 Å². The lowest BCUT2D eigenvalue weighted by atomic mass is 10.1. The average molecular weight is 298 g/mol. The number of hydrogen-bond acceptors (Lipinski definition) is 4. The number of pyridine rings is 1. The van der Waals surface area contributed by atoms with Crippen LogP contribution < -0.4 is 0 Å². The van der Waals surface area contributed by atoms with E-state index in [0.717, 1.165) is 30.7 Å². The molecular formula is C12H16BrN3O. The van der Waals surface area contributed by atoms with Crippen LogP contribution >= 0.6 is 15.9 Å². The number of piperazine rings is 1. The zero-order chi connectivity index (χ0) is 12.3. The molecule has 2 heterocycles. The van der Waals surface area contributed by atoms with E-state index in [9.17, 15) is 4.79 Å². The second-order valence-electron chi connectivity index (χ2n) is 4.39. The van der Waals surface area contributed by atoms with E-state index in [0.29, 0.717) is 12.1 Å². The number of halogens is 1. The van der Waals surface area contributed by atoms with E-state index >= 15 is 0 Å². The lowest BCUT2D eigenvalue weighted by Gasteiger charge is -2.31. The molecule has 0 aliphatic carbocycles. The van der Waals surface area contributed by atoms with Crippen molar-refractivity contribution in [2.75, 3.05) is 39.8 Å². The van der Waals surface area contributed by atoms with E-state index < -0.39 is 0 Å². The Morgan fingerprint density at radius 3 is 2.71 bits per heavy atom. The summed E-state index contributed by atoms with van der Waals surface area (Å²) in [7, 11) is 2.11. The first-order valence-corrected chi connectivity index (χ1v) is 6.49. The molecule has 1 aliphatic heterocycles. The summed E-state index contributed by atoms with van der Waals surface area (Å²) < 4.78 is 0.849. The van der Waals surface area contributed by atoms with E-state index in [-0.39, 0.29) is 5.78 Å². The standard InChI is InChI=1S/C12H16BrN3O/c1-15-2-4-16(5-3-15)9-12(17)10-6-11(13)8-14-7-10/h6-8H,2-5,9H2,1H3. The van der Waals surface area contributed by atoms with Gasteiger partial charge in [-0.3, -0.25) is 14.7 Å². The number of nitrogens with zero attached hydrogens (tertiary/aromatic N) is 3. The average Bonchev–Trinajstić information content (AvgIpc) is 2.32. The van der Waals surface area contributed by atoms with E-state index in [2.05, 4.69) is 37.8 Å². The first-order chi connectivity index (χ1) is 8.15. The Hall–Kier alpha value is -0.780. The molecule has 0 radical (unpaired) electrons. The molecule has 0 spiro atoms. The van der Waals surface area contributed by atoms with E-state index in [1.165, 1.54) is 0 Å². The van der Waals surface area contributed by atoms with Gasteiger partial charge >= 0.3 is 0 Å². The number of ketones is 1. The van der Waals surface area contributed by atoms with E-state index in [4.69, 9.17) is 0 Å². The van der Waals surface area contributed by atoms with Gasteiger partial charge < -0.3 is 4.90 Å². The van der Waals surface area contributed by atoms with Crippen molar-refractivity contribution in [1.29, 1.82) is 0 Å². The number of likely N-dealkylation sites (N-methyl/N-ethyl adjacent to an activating group) is 1. The summed E-state index contributed by atoms with van der Waals surface area (Å²) >= 11 is 3.33. The molecule has 0 saturated carbocycles. The van der Waals surface area contributed by atoms with Crippen LogP contribution in [-0.4, -0.2) is 60.3 Å². The summed E-state index contributed by atoms with van der Waals surface area (Å²) in [6.45, 7) is 4.48. The zero-order valence-corrected chi connectivity index (χ0v) is 11.5. The first kappa shape index (κ1) is 12.7. The minimum absolute atomic E-state index is 0.142. The Labute approximate surface area is 110 Å². The molecule has 1 saturated heterocycles. The van der Waals surface area contributed by atoms with Crippen LogP contribution in [0.1, 0.15) is 10.4 Å². The molecule has 0 aromatic carbocycles. The molecular weight excluding hydrogens is 282 g/mol. The Morgan fingerprint density at radius 1 is 1.35 bits per heavy atom. The van der Waals surface area contributed by atoms with Gasteiger partial charge in [0.25, 0.3) is 0 Å². The van der Waals surface area contributed by atoms with E-state index in [1.54, 1.807) is 12.4 Å². The minimum atomic E-state index is 0.142. The van der Waals surface area contributed by atoms with Gasteiger partial charge in [0.2, 0.25) is 0 Å². The molecule has 0 unspecified atom stereocenters. The van der Waals surface area contributed by atoms with Crippen LogP contribution in [0.15, 0.2) is 22.9 Å². The molecule has 1 aromatic heterocycles. The number of aromatic nitrogens is 1. The maximum absolute atomic E-state index is 12.0. The molecule has 0 N–H and O–H groups in total. The third-order valence-electron chi connectivity index (χ3n) is 2.99. The third-order valence-corrected chi connectivity index (χ3v) is 3.42. The molecule has 92 valence electrons. The minimum Gasteiger partial charge on any atom is -0.304 e. The Morgan fingerprint density at radius 2 is 2.06 bits per heavy atom. The summed E-state index contributed by atoms with van der Waals surface area (Å²) in [5.74, 6) is 0.142. The van der Waals surface area contributed by atoms with Gasteiger partial charge in [-0.2, -0.15) is 0 Å². The van der Waals surface area contributed by atoms with Gasteiger partial charge in [0.05, 0.1) is 6.54 Å². The van der Waals surface area contributed by atoms with Crippen molar-refractivity contribution < 1.29 is 4.79 Å². The number of rotatable bonds is 3. The lowest BCUT2D eigenvalue weighted by Crippen LogP contribution is -2.46. The van der Waals surface area contributed by atoms with Crippen molar-refractivity contribution >= 4 is 21.7 Å². The number of Topliss-reactive ketones (excluding diaryl/α,β-unsaturated/α-hetero) is 1. The van der Waals surface area contributed by atoms with Crippen molar-refractivity contribution in [2.45, 2.75) is 0 Å². The second-order valence-corrected chi connectivity index (χ2v) is 5.31. The predicted molar refractivity (Wildman–Crippen MR) is 70.2 cm³/mol. The topological polar surface area (TPSA) is 36.4 Å². The summed E-state index contributed by atoms with van der Waals surface area (Å²) in [6.07, 6.45) is 3.32. The highest BCUT2D eigenvalue weighted by atomic mass is 79.9. The fourth-order valence-corrected chi connectivity index (χ4v) is 2.23. The van der Waals surface area contributed by atoms with Crippen LogP contribution in [0, 0.1) is 0 Å². The molecule has 0 atom stereocenters. The Balaban J connectivity index is 1.93. The van der Waals surface area contributed by atoms with Gasteiger partial charge in [0.1, 0.15) is 0 Å². The molecule has 0 bridgehead atoms. The van der Waals surface area contributed by atoms with E-state index in [1.807, 2.05) is 6.07 Å². The number of carbonyl (C=O) groups is 1. The number of hydrogen-bond donors (Lipinski definition) is 0. The van der Waals surface area contributed by atoms with Gasteiger partial charge in [-0.25, -0.2) is 0 Å². The Bertz CT molecular complexity index is 402. The van der Waals surface area contributed by atoms with Crippen LogP contribution in [0.25, 0.3) is 0 Å². The highest BCUT2D eigenvalue weighted by Gasteiger charge is 2.17. The summed E-state index contributed by atoms with van der Waals surface area (Å²) in [5, 5.41) is 0. The maximum atomic E-state index is 12.0. The van der Waals surface area contributed by atoms with Gasteiger partial charge in [-0.15, -0.1) is 0 Å². The first-order valence-electron chi connectivity index (χ1n) is 5.70.